The van der Waals surface area contributed by atoms with Crippen LogP contribution in [0.15, 0.2) is 17.4 Å². The van der Waals surface area contributed by atoms with Gasteiger partial charge >= 0.3 is 0 Å². The standard InChI is InChI=1S/C9H18N4/c1-8(2)12-4-5-13(7-11-10)9(3)6-12/h7-8H,3-6,10H2,1-2H3/b11-7-. The number of rotatable bonds is 2. The van der Waals surface area contributed by atoms with Gasteiger partial charge in [0.15, 0.2) is 0 Å². The summed E-state index contributed by atoms with van der Waals surface area (Å²) in [6.07, 6.45) is 1.64. The van der Waals surface area contributed by atoms with Crippen LogP contribution in [-0.2, 0) is 0 Å². The van der Waals surface area contributed by atoms with Gasteiger partial charge in [0.1, 0.15) is 6.34 Å². The van der Waals surface area contributed by atoms with Gasteiger partial charge in [-0.15, -0.1) is 0 Å². The summed E-state index contributed by atoms with van der Waals surface area (Å²) in [7, 11) is 0. The number of hydrazone groups is 1. The number of hydrogen-bond acceptors (Lipinski definition) is 3. The van der Waals surface area contributed by atoms with Crippen LogP contribution in [0.4, 0.5) is 0 Å². The quantitative estimate of drug-likeness (QED) is 0.291. The molecule has 0 radical (unpaired) electrons. The Kier molecular flexibility index (Phi) is 3.31. The highest BCUT2D eigenvalue weighted by atomic mass is 15.3. The molecule has 0 aromatic heterocycles. The van der Waals surface area contributed by atoms with Crippen molar-refractivity contribution in [1.29, 1.82) is 0 Å². The Hall–Kier alpha value is -1.03. The highest BCUT2D eigenvalue weighted by Crippen LogP contribution is 2.11. The third-order valence-corrected chi connectivity index (χ3v) is 2.36. The molecule has 0 spiro atoms. The van der Waals surface area contributed by atoms with E-state index in [1.54, 1.807) is 6.34 Å². The fourth-order valence-corrected chi connectivity index (χ4v) is 1.46. The van der Waals surface area contributed by atoms with Crippen LogP contribution < -0.4 is 5.84 Å². The molecular formula is C9H18N4. The van der Waals surface area contributed by atoms with Gasteiger partial charge in [-0.25, -0.2) is 0 Å². The van der Waals surface area contributed by atoms with Gasteiger partial charge in [0.2, 0.25) is 0 Å². The molecule has 74 valence electrons. The third-order valence-electron chi connectivity index (χ3n) is 2.36. The van der Waals surface area contributed by atoms with E-state index in [0.29, 0.717) is 6.04 Å². The molecule has 13 heavy (non-hydrogen) atoms. The molecule has 0 aromatic rings. The maximum absolute atomic E-state index is 5.09. The highest BCUT2D eigenvalue weighted by molar-refractivity contribution is 5.57. The second-order valence-corrected chi connectivity index (χ2v) is 3.59. The Labute approximate surface area is 79.7 Å². The normalized spacial score (nSPS) is 20.5. The van der Waals surface area contributed by atoms with E-state index in [-0.39, 0.29) is 0 Å². The lowest BCUT2D eigenvalue weighted by Gasteiger charge is -2.37. The van der Waals surface area contributed by atoms with E-state index in [4.69, 9.17) is 5.84 Å². The van der Waals surface area contributed by atoms with Crippen molar-refractivity contribution < 1.29 is 0 Å². The van der Waals surface area contributed by atoms with E-state index in [0.717, 1.165) is 25.3 Å². The van der Waals surface area contributed by atoms with Crippen molar-refractivity contribution in [3.8, 4) is 0 Å². The zero-order valence-corrected chi connectivity index (χ0v) is 8.40. The van der Waals surface area contributed by atoms with Gasteiger partial charge in [-0.1, -0.05) is 6.58 Å². The van der Waals surface area contributed by atoms with E-state index in [1.807, 2.05) is 4.90 Å². The largest absolute Gasteiger partial charge is 0.333 e. The molecular weight excluding hydrogens is 164 g/mol. The first-order valence-electron chi connectivity index (χ1n) is 4.57. The van der Waals surface area contributed by atoms with Crippen LogP contribution in [0.25, 0.3) is 0 Å². The van der Waals surface area contributed by atoms with Crippen LogP contribution >= 0.6 is 0 Å². The number of piperazine rings is 1. The Balaban J connectivity index is 2.51. The molecule has 1 aliphatic heterocycles. The minimum atomic E-state index is 0.578. The third kappa shape index (κ3) is 2.45. The average Bonchev–Trinajstić information content (AvgIpc) is 2.08. The number of hydrogen-bond donors (Lipinski definition) is 1. The molecule has 0 aromatic carbocycles. The van der Waals surface area contributed by atoms with E-state index in [9.17, 15) is 0 Å². The van der Waals surface area contributed by atoms with Crippen molar-refractivity contribution in [2.24, 2.45) is 10.9 Å². The van der Waals surface area contributed by atoms with Gasteiger partial charge in [-0.3, -0.25) is 4.90 Å². The van der Waals surface area contributed by atoms with Crippen molar-refractivity contribution in [2.45, 2.75) is 19.9 Å². The zero-order chi connectivity index (χ0) is 9.84. The van der Waals surface area contributed by atoms with E-state index in [1.165, 1.54) is 0 Å². The molecule has 0 atom stereocenters. The maximum atomic E-state index is 5.09. The smallest absolute Gasteiger partial charge is 0.115 e. The minimum absolute atomic E-state index is 0.578. The molecule has 1 aliphatic rings. The molecule has 0 bridgehead atoms. The lowest BCUT2D eigenvalue weighted by molar-refractivity contribution is 0.183. The van der Waals surface area contributed by atoms with Gasteiger partial charge in [-0.2, -0.15) is 5.10 Å². The summed E-state index contributed by atoms with van der Waals surface area (Å²) in [4.78, 5) is 4.38. The van der Waals surface area contributed by atoms with Crippen LogP contribution in [-0.4, -0.2) is 41.8 Å². The van der Waals surface area contributed by atoms with Crippen LogP contribution in [0, 0.1) is 0 Å². The molecule has 2 N–H and O–H groups in total. The Morgan fingerprint density at radius 2 is 2.23 bits per heavy atom. The van der Waals surface area contributed by atoms with Gasteiger partial charge in [0, 0.05) is 31.4 Å². The predicted molar refractivity (Wildman–Crippen MR) is 55.2 cm³/mol. The van der Waals surface area contributed by atoms with E-state index in [2.05, 4.69) is 30.4 Å². The summed E-state index contributed by atoms with van der Waals surface area (Å²) >= 11 is 0. The monoisotopic (exact) mass is 182 g/mol. The van der Waals surface area contributed by atoms with Gasteiger partial charge in [-0.05, 0) is 13.8 Å². The summed E-state index contributed by atoms with van der Waals surface area (Å²) in [6, 6.07) is 0.578. The van der Waals surface area contributed by atoms with Gasteiger partial charge in [0.05, 0.1) is 0 Å². The maximum Gasteiger partial charge on any atom is 0.115 e. The van der Waals surface area contributed by atoms with Gasteiger partial charge < -0.3 is 10.7 Å². The van der Waals surface area contributed by atoms with Gasteiger partial charge in [0.25, 0.3) is 0 Å². The first-order chi connectivity index (χ1) is 6.15. The van der Waals surface area contributed by atoms with Crippen LogP contribution in [0.2, 0.25) is 0 Å². The second-order valence-electron chi connectivity index (χ2n) is 3.59. The second kappa shape index (κ2) is 4.28. The number of nitrogens with two attached hydrogens (primary N) is 1. The van der Waals surface area contributed by atoms with Crippen LogP contribution in [0.3, 0.4) is 0 Å². The molecule has 1 rings (SSSR count). The van der Waals surface area contributed by atoms with Crippen molar-refractivity contribution in [2.75, 3.05) is 19.6 Å². The molecule has 1 fully saturated rings. The Bertz CT molecular complexity index is 210. The average molecular weight is 182 g/mol. The van der Waals surface area contributed by atoms with Crippen LogP contribution in [0.5, 0.6) is 0 Å². The van der Waals surface area contributed by atoms with Crippen molar-refractivity contribution in [1.82, 2.24) is 9.80 Å². The molecule has 1 heterocycles. The molecule has 0 aliphatic carbocycles. The van der Waals surface area contributed by atoms with E-state index >= 15 is 0 Å². The Morgan fingerprint density at radius 1 is 1.54 bits per heavy atom. The molecule has 4 nitrogen and oxygen atoms in total. The summed E-state index contributed by atoms with van der Waals surface area (Å²) in [5.74, 6) is 5.09. The molecule has 4 heteroatoms. The van der Waals surface area contributed by atoms with Crippen molar-refractivity contribution in [3.63, 3.8) is 0 Å². The fraction of sp³-hybridized carbons (Fsp3) is 0.667. The van der Waals surface area contributed by atoms with Crippen molar-refractivity contribution in [3.05, 3.63) is 12.3 Å². The first-order valence-corrected chi connectivity index (χ1v) is 4.57. The van der Waals surface area contributed by atoms with Crippen LogP contribution in [0.1, 0.15) is 13.8 Å². The minimum Gasteiger partial charge on any atom is -0.333 e. The molecule has 0 amide bonds. The number of nitrogens with zero attached hydrogens (tertiary/aromatic N) is 3. The summed E-state index contributed by atoms with van der Waals surface area (Å²) in [5.41, 5.74) is 1.06. The highest BCUT2D eigenvalue weighted by Gasteiger charge is 2.19. The topological polar surface area (TPSA) is 44.9 Å². The molecule has 0 saturated carbocycles. The molecule has 1 saturated heterocycles. The lowest BCUT2D eigenvalue weighted by atomic mass is 10.2. The SMILES string of the molecule is C=C1CN(C(C)C)CCN1/C=N\N. The first kappa shape index (κ1) is 10.1. The summed E-state index contributed by atoms with van der Waals surface area (Å²) in [6.45, 7) is 11.3. The fourth-order valence-electron chi connectivity index (χ4n) is 1.46. The molecule has 0 unspecified atom stereocenters. The lowest BCUT2D eigenvalue weighted by Crippen LogP contribution is -2.46. The predicted octanol–water partition coefficient (Wildman–Crippen LogP) is 0.428. The van der Waals surface area contributed by atoms with E-state index < -0.39 is 0 Å². The zero-order valence-electron chi connectivity index (χ0n) is 8.40. The Morgan fingerprint density at radius 3 is 2.69 bits per heavy atom. The summed E-state index contributed by atoms with van der Waals surface area (Å²) in [5, 5.41) is 3.50. The van der Waals surface area contributed by atoms with Crippen molar-refractivity contribution >= 4 is 6.34 Å². The summed E-state index contributed by atoms with van der Waals surface area (Å²) < 4.78 is 0.